The van der Waals surface area contributed by atoms with E-state index in [9.17, 15) is 24.3 Å². The van der Waals surface area contributed by atoms with E-state index in [1.54, 1.807) is 20.8 Å². The van der Waals surface area contributed by atoms with E-state index in [1.165, 1.54) is 5.01 Å². The number of aliphatic hydroxyl groups excluding tert-OH is 1. The molecule has 11 heteroatoms. The smallest absolute Gasteiger partial charge is 0.306 e. The molecule has 232 valence electrons. The van der Waals surface area contributed by atoms with E-state index < -0.39 is 42.1 Å². The molecule has 0 saturated carbocycles. The zero-order valence-corrected chi connectivity index (χ0v) is 25.3. The zero-order chi connectivity index (χ0) is 31.1. The monoisotopic (exact) mass is 593 g/mol. The Bertz CT molecular complexity index is 1360. The number of hydrogen-bond acceptors (Lipinski definition) is 8. The highest BCUT2D eigenvalue weighted by Crippen LogP contribution is 2.20. The Morgan fingerprint density at radius 2 is 1.72 bits per heavy atom. The predicted molar refractivity (Wildman–Crippen MR) is 162 cm³/mol. The number of amides is 3. The van der Waals surface area contributed by atoms with Crippen LogP contribution in [0.25, 0.3) is 17.0 Å². The average Bonchev–Trinajstić information content (AvgIpc) is 2.99. The van der Waals surface area contributed by atoms with Crippen LogP contribution in [0.1, 0.15) is 83.5 Å². The van der Waals surface area contributed by atoms with Crippen molar-refractivity contribution in [1.29, 1.82) is 0 Å². The van der Waals surface area contributed by atoms with Gasteiger partial charge in [0.2, 0.25) is 5.91 Å². The van der Waals surface area contributed by atoms with Crippen LogP contribution in [0, 0.1) is 5.92 Å². The quantitative estimate of drug-likeness (QED) is 0.369. The number of nitrogens with one attached hydrogen (secondary N) is 3. The van der Waals surface area contributed by atoms with Gasteiger partial charge in [0.05, 0.1) is 23.4 Å². The highest BCUT2D eigenvalue weighted by molar-refractivity contribution is 5.90. The van der Waals surface area contributed by atoms with Gasteiger partial charge in [0.25, 0.3) is 11.8 Å². The summed E-state index contributed by atoms with van der Waals surface area (Å²) in [5, 5.41) is 18.4. The number of hydrogen-bond donors (Lipinski definition) is 4. The van der Waals surface area contributed by atoms with Crippen molar-refractivity contribution in [3.8, 4) is 0 Å². The lowest BCUT2D eigenvalue weighted by atomic mass is 10.1. The summed E-state index contributed by atoms with van der Waals surface area (Å²) in [6.45, 7) is 7.31. The van der Waals surface area contributed by atoms with Crippen molar-refractivity contribution in [2.75, 3.05) is 6.54 Å². The summed E-state index contributed by atoms with van der Waals surface area (Å²) in [4.78, 5) is 56.8. The number of aromatic nitrogens is 1. The summed E-state index contributed by atoms with van der Waals surface area (Å²) in [5.41, 5.74) is 5.49. The number of nitrogens with zero attached hydrogens (tertiary/aromatic N) is 2. The highest BCUT2D eigenvalue weighted by atomic mass is 16.5. The molecule has 0 aliphatic carbocycles. The van der Waals surface area contributed by atoms with Crippen LogP contribution in [0.15, 0.2) is 36.4 Å². The van der Waals surface area contributed by atoms with Crippen molar-refractivity contribution in [2.24, 2.45) is 5.92 Å². The molecule has 3 amide bonds. The number of benzene rings is 1. The molecule has 11 nitrogen and oxygen atoms in total. The Morgan fingerprint density at radius 3 is 2.49 bits per heavy atom. The van der Waals surface area contributed by atoms with E-state index in [1.807, 2.05) is 49.4 Å². The fraction of sp³-hybridized carbons (Fsp3) is 0.531. The van der Waals surface area contributed by atoms with Crippen LogP contribution >= 0.6 is 0 Å². The first kappa shape index (κ1) is 32.1. The number of aliphatic hydroxyl groups is 1. The average molecular weight is 594 g/mol. The number of pyridine rings is 1. The van der Waals surface area contributed by atoms with E-state index in [0.29, 0.717) is 37.9 Å². The molecule has 0 radical (unpaired) electrons. The summed E-state index contributed by atoms with van der Waals surface area (Å²) >= 11 is 0. The maximum Gasteiger partial charge on any atom is 0.306 e. The normalized spacial score (nSPS) is 27.8. The number of fused-ring (bicyclic) bond motifs is 4. The molecule has 43 heavy (non-hydrogen) atoms. The summed E-state index contributed by atoms with van der Waals surface area (Å²) in [6, 6.07) is 7.91. The summed E-state index contributed by atoms with van der Waals surface area (Å²) in [6.07, 6.45) is 4.56. The Morgan fingerprint density at radius 1 is 0.977 bits per heavy atom. The van der Waals surface area contributed by atoms with Crippen molar-refractivity contribution in [3.63, 3.8) is 0 Å². The first-order valence-electron chi connectivity index (χ1n) is 15.1. The van der Waals surface area contributed by atoms with Gasteiger partial charge in [-0.05, 0) is 69.6 Å². The Hall–Kier alpha value is -3.83. The maximum atomic E-state index is 13.2. The van der Waals surface area contributed by atoms with E-state index in [0.717, 1.165) is 16.5 Å². The van der Waals surface area contributed by atoms with Gasteiger partial charge in [0.1, 0.15) is 12.1 Å². The lowest BCUT2D eigenvalue weighted by Crippen LogP contribution is -2.61. The minimum Gasteiger partial charge on any atom is -0.452 e. The van der Waals surface area contributed by atoms with Crippen LogP contribution in [0.5, 0.6) is 0 Å². The second-order valence-corrected chi connectivity index (χ2v) is 11.8. The van der Waals surface area contributed by atoms with Crippen LogP contribution in [0.4, 0.5) is 0 Å². The minimum atomic E-state index is -1.09. The fourth-order valence-electron chi connectivity index (χ4n) is 5.24. The first-order valence-corrected chi connectivity index (χ1v) is 15.1. The molecular formula is C32H43N5O6. The van der Waals surface area contributed by atoms with Gasteiger partial charge in [-0.2, -0.15) is 0 Å². The van der Waals surface area contributed by atoms with Crippen molar-refractivity contribution < 1.29 is 29.0 Å². The number of ether oxygens (including phenoxy) is 1. The second kappa shape index (κ2) is 14.6. The van der Waals surface area contributed by atoms with Gasteiger partial charge in [-0.15, -0.1) is 0 Å². The zero-order valence-electron chi connectivity index (χ0n) is 25.3. The van der Waals surface area contributed by atoms with Gasteiger partial charge < -0.3 is 20.5 Å². The molecule has 2 aliphatic rings. The molecule has 1 fully saturated rings. The second-order valence-electron chi connectivity index (χ2n) is 11.8. The van der Waals surface area contributed by atoms with E-state index in [4.69, 9.17) is 9.72 Å². The fourth-order valence-corrected chi connectivity index (χ4v) is 5.24. The summed E-state index contributed by atoms with van der Waals surface area (Å²) < 4.78 is 5.47. The molecular weight excluding hydrogens is 550 g/mol. The molecule has 2 aromatic rings. The standard InChI is InChI=1S/C32H43N5O6/c1-19(2)29-31(41)34-21(4)32(42)37-17-7-10-26(36-37)30(40)33-20(3)25-15-13-23-12-11-22(18-27(23)35-25)8-5-6-9-24(38)14-16-28(39)43-29/h5,8,11-13,15,18-21,24,26,29,36,38H,6-7,9-10,14,16-17H2,1-4H3,(H,33,40)(H,34,41)/b8-5+/t20-,21+,24?,26+,29+/m1/s1. The Kier molecular flexibility index (Phi) is 10.9. The van der Waals surface area contributed by atoms with Crippen LogP contribution < -0.4 is 16.1 Å². The van der Waals surface area contributed by atoms with Crippen LogP contribution in [-0.2, 0) is 23.9 Å². The van der Waals surface area contributed by atoms with Crippen molar-refractivity contribution in [3.05, 3.63) is 47.7 Å². The third kappa shape index (κ3) is 8.61. The lowest BCUT2D eigenvalue weighted by Gasteiger charge is -2.35. The summed E-state index contributed by atoms with van der Waals surface area (Å²) in [5.74, 6) is -2.15. The number of carbonyl (C=O) groups excluding carboxylic acids is 4. The SMILES string of the molecule is CC(C)[C@@H]1OC(=O)CCC(O)CC/C=C/c2ccc3ccc(nc3c2)[C@@H](C)NC(=O)[C@@H]2CCCN(N2)C(=O)[C@H](C)NC1=O. The number of esters is 1. The Balaban J connectivity index is 1.55. The van der Waals surface area contributed by atoms with E-state index >= 15 is 0 Å². The number of allylic oxidation sites excluding steroid dienone is 1. The number of hydrazine groups is 1. The number of carbonyl (C=O) groups is 4. The molecule has 1 saturated heterocycles. The number of cyclic esters (lactones) is 1. The van der Waals surface area contributed by atoms with Gasteiger partial charge in [0.15, 0.2) is 6.10 Å². The molecule has 5 bridgehead atoms. The minimum absolute atomic E-state index is 0.0336. The van der Waals surface area contributed by atoms with Crippen molar-refractivity contribution in [1.82, 2.24) is 26.1 Å². The third-order valence-electron chi connectivity index (χ3n) is 7.82. The number of rotatable bonds is 1. The van der Waals surface area contributed by atoms with Gasteiger partial charge in [-0.1, -0.05) is 44.2 Å². The molecule has 4 N–H and O–H groups in total. The predicted octanol–water partition coefficient (Wildman–Crippen LogP) is 2.93. The van der Waals surface area contributed by atoms with Crippen LogP contribution in [-0.4, -0.2) is 69.6 Å². The molecule has 4 rings (SSSR count). The molecule has 2 aliphatic heterocycles. The lowest BCUT2D eigenvalue weighted by molar-refractivity contribution is -0.160. The molecule has 0 spiro atoms. The van der Waals surface area contributed by atoms with Gasteiger partial charge >= 0.3 is 5.97 Å². The van der Waals surface area contributed by atoms with Gasteiger partial charge in [-0.25, -0.2) is 5.43 Å². The maximum absolute atomic E-state index is 13.2. The van der Waals surface area contributed by atoms with E-state index in [-0.39, 0.29) is 30.7 Å². The van der Waals surface area contributed by atoms with Crippen molar-refractivity contribution in [2.45, 2.75) is 96.6 Å². The molecule has 1 aromatic carbocycles. The van der Waals surface area contributed by atoms with Crippen LogP contribution in [0.3, 0.4) is 0 Å². The molecule has 5 atom stereocenters. The summed E-state index contributed by atoms with van der Waals surface area (Å²) in [7, 11) is 0. The largest absolute Gasteiger partial charge is 0.452 e. The van der Waals surface area contributed by atoms with E-state index in [2.05, 4.69) is 16.1 Å². The molecule has 1 unspecified atom stereocenters. The van der Waals surface area contributed by atoms with Gasteiger partial charge in [-0.3, -0.25) is 29.2 Å². The van der Waals surface area contributed by atoms with Crippen molar-refractivity contribution >= 4 is 40.7 Å². The van der Waals surface area contributed by atoms with Crippen LogP contribution in [0.2, 0.25) is 0 Å². The molecule has 3 heterocycles. The third-order valence-corrected chi connectivity index (χ3v) is 7.82. The topological polar surface area (TPSA) is 150 Å². The molecule has 1 aromatic heterocycles. The highest BCUT2D eigenvalue weighted by Gasteiger charge is 2.33. The first-order chi connectivity index (χ1) is 20.5. The Labute approximate surface area is 252 Å². The van der Waals surface area contributed by atoms with Gasteiger partial charge in [0, 0.05) is 18.4 Å².